The van der Waals surface area contributed by atoms with Crippen molar-refractivity contribution in [3.63, 3.8) is 0 Å². The van der Waals surface area contributed by atoms with Crippen molar-refractivity contribution in [2.24, 2.45) is 5.92 Å². The van der Waals surface area contributed by atoms with E-state index in [0.29, 0.717) is 0 Å². The SMILES string of the molecule is COC(=O)[C@@H](NC(=O)C[C@@H](O)[C@H](C)O)C(C)C. The van der Waals surface area contributed by atoms with E-state index in [1.807, 2.05) is 0 Å². The minimum absolute atomic E-state index is 0.116. The summed E-state index contributed by atoms with van der Waals surface area (Å²) in [4.78, 5) is 22.9. The Hall–Kier alpha value is -1.14. The molecule has 6 heteroatoms. The molecule has 17 heavy (non-hydrogen) atoms. The number of aliphatic hydroxyl groups is 2. The molecule has 0 heterocycles. The van der Waals surface area contributed by atoms with Crippen LogP contribution in [0.3, 0.4) is 0 Å². The highest BCUT2D eigenvalue weighted by Crippen LogP contribution is 2.05. The number of rotatable bonds is 6. The molecular formula is C11H21NO5. The standard InChI is InChI=1S/C11H21NO5/c1-6(2)10(11(16)17-4)12-9(15)5-8(14)7(3)13/h6-8,10,13-14H,5H2,1-4H3,(H,12,15)/t7-,8+,10-/m0/s1. The molecule has 0 aromatic carbocycles. The third kappa shape index (κ3) is 5.65. The van der Waals surface area contributed by atoms with Gasteiger partial charge in [0, 0.05) is 0 Å². The first kappa shape index (κ1) is 15.9. The van der Waals surface area contributed by atoms with Gasteiger partial charge in [0.15, 0.2) is 0 Å². The zero-order chi connectivity index (χ0) is 13.6. The van der Waals surface area contributed by atoms with Crippen LogP contribution in [0.25, 0.3) is 0 Å². The Balaban J connectivity index is 4.37. The van der Waals surface area contributed by atoms with Gasteiger partial charge in [-0.1, -0.05) is 13.8 Å². The van der Waals surface area contributed by atoms with Gasteiger partial charge in [0.2, 0.25) is 5.91 Å². The number of carbonyl (C=O) groups excluding carboxylic acids is 2. The molecule has 100 valence electrons. The molecule has 0 rings (SSSR count). The summed E-state index contributed by atoms with van der Waals surface area (Å²) >= 11 is 0. The van der Waals surface area contributed by atoms with Crippen molar-refractivity contribution in [3.05, 3.63) is 0 Å². The number of methoxy groups -OCH3 is 1. The molecule has 3 atom stereocenters. The average molecular weight is 247 g/mol. The molecule has 1 amide bonds. The monoisotopic (exact) mass is 247 g/mol. The lowest BCUT2D eigenvalue weighted by molar-refractivity contribution is -0.146. The molecule has 0 fully saturated rings. The van der Waals surface area contributed by atoms with E-state index in [1.54, 1.807) is 13.8 Å². The Kier molecular flexibility index (Phi) is 6.75. The van der Waals surface area contributed by atoms with E-state index in [9.17, 15) is 14.7 Å². The Morgan fingerprint density at radius 3 is 2.12 bits per heavy atom. The molecule has 0 spiro atoms. The molecule has 0 aliphatic heterocycles. The van der Waals surface area contributed by atoms with Crippen molar-refractivity contribution in [2.45, 2.75) is 45.4 Å². The lowest BCUT2D eigenvalue weighted by Gasteiger charge is -2.21. The summed E-state index contributed by atoms with van der Waals surface area (Å²) < 4.78 is 4.56. The van der Waals surface area contributed by atoms with Crippen LogP contribution < -0.4 is 5.32 Å². The van der Waals surface area contributed by atoms with Gasteiger partial charge in [-0.05, 0) is 12.8 Å². The van der Waals surface area contributed by atoms with Crippen molar-refractivity contribution < 1.29 is 24.5 Å². The molecule has 0 saturated carbocycles. The van der Waals surface area contributed by atoms with Gasteiger partial charge in [-0.3, -0.25) is 4.79 Å². The maximum Gasteiger partial charge on any atom is 0.328 e. The van der Waals surface area contributed by atoms with Crippen LogP contribution in [0.4, 0.5) is 0 Å². The molecule has 0 unspecified atom stereocenters. The van der Waals surface area contributed by atoms with E-state index in [-0.39, 0.29) is 12.3 Å². The van der Waals surface area contributed by atoms with Crippen LogP contribution in [-0.2, 0) is 14.3 Å². The smallest absolute Gasteiger partial charge is 0.328 e. The molecule has 0 saturated heterocycles. The summed E-state index contributed by atoms with van der Waals surface area (Å²) in [6.07, 6.45) is -2.38. The lowest BCUT2D eigenvalue weighted by Crippen LogP contribution is -2.46. The summed E-state index contributed by atoms with van der Waals surface area (Å²) in [6.45, 7) is 4.93. The number of carbonyl (C=O) groups is 2. The lowest BCUT2D eigenvalue weighted by atomic mass is 10.0. The van der Waals surface area contributed by atoms with Crippen molar-refractivity contribution in [1.29, 1.82) is 0 Å². The van der Waals surface area contributed by atoms with Gasteiger partial charge in [0.1, 0.15) is 6.04 Å². The van der Waals surface area contributed by atoms with Crippen LogP contribution in [0.15, 0.2) is 0 Å². The summed E-state index contributed by atoms with van der Waals surface area (Å²) in [5, 5.41) is 20.8. The summed E-state index contributed by atoms with van der Waals surface area (Å²) in [6, 6.07) is -0.742. The van der Waals surface area contributed by atoms with E-state index in [1.165, 1.54) is 14.0 Å². The number of hydrogen-bond donors (Lipinski definition) is 3. The van der Waals surface area contributed by atoms with Crippen LogP contribution in [0.2, 0.25) is 0 Å². The van der Waals surface area contributed by atoms with E-state index in [2.05, 4.69) is 10.1 Å². The minimum atomic E-state index is -1.14. The fourth-order valence-corrected chi connectivity index (χ4v) is 1.22. The van der Waals surface area contributed by atoms with E-state index < -0.39 is 30.1 Å². The highest BCUT2D eigenvalue weighted by atomic mass is 16.5. The number of ether oxygens (including phenoxy) is 1. The number of amides is 1. The second-order valence-corrected chi connectivity index (χ2v) is 4.32. The first-order valence-electron chi connectivity index (χ1n) is 5.52. The molecule has 0 aromatic heterocycles. The van der Waals surface area contributed by atoms with Crippen LogP contribution in [0.1, 0.15) is 27.2 Å². The Bertz CT molecular complexity index is 265. The van der Waals surface area contributed by atoms with Crippen LogP contribution >= 0.6 is 0 Å². The predicted molar refractivity (Wildman–Crippen MR) is 61.1 cm³/mol. The summed E-state index contributed by atoms with van der Waals surface area (Å²) in [7, 11) is 1.24. The van der Waals surface area contributed by atoms with Gasteiger partial charge in [0.05, 0.1) is 25.7 Å². The van der Waals surface area contributed by atoms with Crippen molar-refractivity contribution >= 4 is 11.9 Å². The fourth-order valence-electron chi connectivity index (χ4n) is 1.22. The second kappa shape index (κ2) is 7.24. The molecular weight excluding hydrogens is 226 g/mol. The van der Waals surface area contributed by atoms with Gasteiger partial charge >= 0.3 is 5.97 Å². The first-order chi connectivity index (χ1) is 7.79. The van der Waals surface area contributed by atoms with Crippen molar-refractivity contribution in [2.75, 3.05) is 7.11 Å². The van der Waals surface area contributed by atoms with E-state index in [0.717, 1.165) is 0 Å². The topological polar surface area (TPSA) is 95.9 Å². The van der Waals surface area contributed by atoms with Crippen LogP contribution in [-0.4, -0.2) is 47.4 Å². The highest BCUT2D eigenvalue weighted by molar-refractivity contribution is 5.84. The van der Waals surface area contributed by atoms with Crippen molar-refractivity contribution in [3.8, 4) is 0 Å². The van der Waals surface area contributed by atoms with Gasteiger partial charge in [-0.25, -0.2) is 4.79 Å². The van der Waals surface area contributed by atoms with Crippen LogP contribution in [0.5, 0.6) is 0 Å². The molecule has 0 aliphatic rings. The first-order valence-corrected chi connectivity index (χ1v) is 5.52. The van der Waals surface area contributed by atoms with E-state index in [4.69, 9.17) is 5.11 Å². The third-order valence-electron chi connectivity index (χ3n) is 2.39. The Morgan fingerprint density at radius 1 is 1.24 bits per heavy atom. The predicted octanol–water partition coefficient (Wildman–Crippen LogP) is -0.568. The zero-order valence-corrected chi connectivity index (χ0v) is 10.6. The molecule has 6 nitrogen and oxygen atoms in total. The largest absolute Gasteiger partial charge is 0.467 e. The third-order valence-corrected chi connectivity index (χ3v) is 2.39. The average Bonchev–Trinajstić information content (AvgIpc) is 2.24. The van der Waals surface area contributed by atoms with Gasteiger partial charge < -0.3 is 20.3 Å². The minimum Gasteiger partial charge on any atom is -0.467 e. The Labute approximate surface area is 101 Å². The Morgan fingerprint density at radius 2 is 1.76 bits per heavy atom. The van der Waals surface area contributed by atoms with E-state index >= 15 is 0 Å². The second-order valence-electron chi connectivity index (χ2n) is 4.32. The maximum atomic E-state index is 11.5. The molecule has 0 aromatic rings. The van der Waals surface area contributed by atoms with Gasteiger partial charge in [-0.15, -0.1) is 0 Å². The fraction of sp³-hybridized carbons (Fsp3) is 0.818. The molecule has 0 aliphatic carbocycles. The number of hydrogen-bond acceptors (Lipinski definition) is 5. The molecule has 0 radical (unpaired) electrons. The van der Waals surface area contributed by atoms with Gasteiger partial charge in [-0.2, -0.15) is 0 Å². The highest BCUT2D eigenvalue weighted by Gasteiger charge is 2.26. The summed E-state index contributed by atoms with van der Waals surface area (Å²) in [5.74, 6) is -1.14. The van der Waals surface area contributed by atoms with Crippen LogP contribution in [0, 0.1) is 5.92 Å². The summed E-state index contributed by atoms with van der Waals surface area (Å²) in [5.41, 5.74) is 0. The molecule has 3 N–H and O–H groups in total. The zero-order valence-electron chi connectivity index (χ0n) is 10.6. The molecule has 0 bridgehead atoms. The maximum absolute atomic E-state index is 11.5. The van der Waals surface area contributed by atoms with Gasteiger partial charge in [0.25, 0.3) is 0 Å². The quantitative estimate of drug-likeness (QED) is 0.546. The normalized spacial score (nSPS) is 16.2. The number of aliphatic hydroxyl groups excluding tert-OH is 2. The number of nitrogens with one attached hydrogen (secondary N) is 1. The van der Waals surface area contributed by atoms with Crippen molar-refractivity contribution in [1.82, 2.24) is 5.32 Å². The number of esters is 1.